The molecule has 0 radical (unpaired) electrons. The van der Waals surface area contributed by atoms with Crippen molar-refractivity contribution in [3.63, 3.8) is 0 Å². The molecule has 2 aromatic rings. The zero-order chi connectivity index (χ0) is 16.2. The van der Waals surface area contributed by atoms with Crippen LogP contribution in [0.15, 0.2) is 42.5 Å². The first-order valence-corrected chi connectivity index (χ1v) is 8.09. The molecule has 120 valence electrons. The van der Waals surface area contributed by atoms with Gasteiger partial charge in [0.2, 0.25) is 0 Å². The van der Waals surface area contributed by atoms with E-state index in [1.54, 1.807) is 6.92 Å². The molecule has 23 heavy (non-hydrogen) atoms. The predicted octanol–water partition coefficient (Wildman–Crippen LogP) is 2.42. The molecule has 0 unspecified atom stereocenters. The second-order valence-electron chi connectivity index (χ2n) is 5.92. The zero-order valence-electron chi connectivity index (χ0n) is 13.5. The smallest absolute Gasteiger partial charge is 0.159 e. The molecule has 0 bridgehead atoms. The van der Waals surface area contributed by atoms with E-state index in [-0.39, 0.29) is 5.78 Å². The number of anilines is 1. The molecule has 4 nitrogen and oxygen atoms in total. The van der Waals surface area contributed by atoms with Crippen molar-refractivity contribution in [1.29, 1.82) is 0 Å². The number of hydrogen-bond donors (Lipinski definition) is 2. The predicted molar refractivity (Wildman–Crippen MR) is 94.9 cm³/mol. The molecule has 1 saturated heterocycles. The highest BCUT2D eigenvalue weighted by molar-refractivity contribution is 5.95. The second-order valence-corrected chi connectivity index (χ2v) is 5.92. The number of hydrogen-bond acceptors (Lipinski definition) is 4. The van der Waals surface area contributed by atoms with Gasteiger partial charge in [0, 0.05) is 44.0 Å². The van der Waals surface area contributed by atoms with Gasteiger partial charge < -0.3 is 16.0 Å². The zero-order valence-corrected chi connectivity index (χ0v) is 13.5. The van der Waals surface area contributed by atoms with Crippen LogP contribution in [0.2, 0.25) is 0 Å². The van der Waals surface area contributed by atoms with Gasteiger partial charge in [0.05, 0.1) is 0 Å². The Bertz CT molecular complexity index is 688. The highest BCUT2D eigenvalue weighted by Gasteiger charge is 2.11. The maximum Gasteiger partial charge on any atom is 0.159 e. The second kappa shape index (κ2) is 6.94. The molecule has 0 spiro atoms. The average molecular weight is 309 g/mol. The third-order valence-corrected chi connectivity index (χ3v) is 4.39. The molecule has 0 aromatic heterocycles. The van der Waals surface area contributed by atoms with Crippen LogP contribution >= 0.6 is 0 Å². The minimum Gasteiger partial charge on any atom is -0.369 e. The molecular weight excluding hydrogens is 286 g/mol. The van der Waals surface area contributed by atoms with Gasteiger partial charge >= 0.3 is 0 Å². The Morgan fingerprint density at radius 3 is 2.43 bits per heavy atom. The Labute approximate surface area is 137 Å². The van der Waals surface area contributed by atoms with E-state index in [9.17, 15) is 4.79 Å². The number of benzene rings is 2. The summed E-state index contributed by atoms with van der Waals surface area (Å²) in [6.07, 6.45) is 0. The van der Waals surface area contributed by atoms with Crippen LogP contribution in [-0.4, -0.2) is 32.0 Å². The number of nitrogens with zero attached hydrogens (tertiary/aromatic N) is 1. The first-order chi connectivity index (χ1) is 11.2. The van der Waals surface area contributed by atoms with E-state index in [0.717, 1.165) is 42.9 Å². The van der Waals surface area contributed by atoms with Crippen molar-refractivity contribution in [2.24, 2.45) is 5.73 Å². The standard InChI is InChI=1S/C19H23N3O/c1-14(23)16-4-7-19(17(12-16)13-20)15-2-5-18(6-3-15)22-10-8-21-9-11-22/h2-7,12,21H,8-11,13,20H2,1H3. The summed E-state index contributed by atoms with van der Waals surface area (Å²) >= 11 is 0. The summed E-state index contributed by atoms with van der Waals surface area (Å²) in [5.74, 6) is 0.0697. The van der Waals surface area contributed by atoms with Crippen molar-refractivity contribution in [3.05, 3.63) is 53.6 Å². The van der Waals surface area contributed by atoms with Gasteiger partial charge in [-0.05, 0) is 41.8 Å². The Hall–Kier alpha value is -2.17. The number of carbonyl (C=O) groups is 1. The topological polar surface area (TPSA) is 58.4 Å². The highest BCUT2D eigenvalue weighted by atomic mass is 16.1. The molecule has 0 amide bonds. The minimum atomic E-state index is 0.0697. The van der Waals surface area contributed by atoms with Gasteiger partial charge in [0.25, 0.3) is 0 Å². The van der Waals surface area contributed by atoms with Crippen molar-refractivity contribution in [1.82, 2.24) is 5.32 Å². The number of nitrogens with one attached hydrogen (secondary N) is 1. The molecule has 1 aliphatic heterocycles. The summed E-state index contributed by atoms with van der Waals surface area (Å²) in [6, 6.07) is 14.4. The van der Waals surface area contributed by atoms with Gasteiger partial charge in [0.15, 0.2) is 5.78 Å². The molecule has 4 heteroatoms. The van der Waals surface area contributed by atoms with E-state index in [0.29, 0.717) is 12.1 Å². The van der Waals surface area contributed by atoms with Gasteiger partial charge in [-0.2, -0.15) is 0 Å². The van der Waals surface area contributed by atoms with Crippen molar-refractivity contribution in [2.45, 2.75) is 13.5 Å². The number of carbonyl (C=O) groups excluding carboxylic acids is 1. The summed E-state index contributed by atoms with van der Waals surface area (Å²) in [5, 5.41) is 3.37. The average Bonchev–Trinajstić information content (AvgIpc) is 2.62. The normalized spacial score (nSPS) is 14.8. The molecule has 2 aromatic carbocycles. The number of nitrogens with two attached hydrogens (primary N) is 1. The number of rotatable bonds is 4. The van der Waals surface area contributed by atoms with Crippen LogP contribution < -0.4 is 16.0 Å². The Kier molecular flexibility index (Phi) is 4.74. The van der Waals surface area contributed by atoms with Crippen LogP contribution in [0.5, 0.6) is 0 Å². The molecule has 0 saturated carbocycles. The minimum absolute atomic E-state index is 0.0697. The van der Waals surface area contributed by atoms with Gasteiger partial charge in [-0.1, -0.05) is 24.3 Å². The largest absolute Gasteiger partial charge is 0.369 e. The molecule has 1 heterocycles. The van der Waals surface area contributed by atoms with Crippen LogP contribution in [-0.2, 0) is 6.54 Å². The molecule has 0 aliphatic carbocycles. The van der Waals surface area contributed by atoms with Crippen LogP contribution in [0.25, 0.3) is 11.1 Å². The van der Waals surface area contributed by atoms with E-state index < -0.39 is 0 Å². The first-order valence-electron chi connectivity index (χ1n) is 8.09. The third-order valence-electron chi connectivity index (χ3n) is 4.39. The summed E-state index contributed by atoms with van der Waals surface area (Å²) in [5.41, 5.74) is 11.1. The lowest BCUT2D eigenvalue weighted by molar-refractivity contribution is 0.101. The van der Waals surface area contributed by atoms with Gasteiger partial charge in [-0.25, -0.2) is 0 Å². The Morgan fingerprint density at radius 2 is 1.83 bits per heavy atom. The number of ketones is 1. The fourth-order valence-electron chi connectivity index (χ4n) is 3.04. The Balaban J connectivity index is 1.88. The van der Waals surface area contributed by atoms with E-state index in [2.05, 4.69) is 34.5 Å². The first kappa shape index (κ1) is 15.7. The monoisotopic (exact) mass is 309 g/mol. The molecule has 1 aliphatic rings. The maximum absolute atomic E-state index is 11.5. The summed E-state index contributed by atoms with van der Waals surface area (Å²) < 4.78 is 0. The van der Waals surface area contributed by atoms with E-state index in [1.807, 2.05) is 18.2 Å². The number of piperazine rings is 1. The van der Waals surface area contributed by atoms with Crippen LogP contribution in [0.3, 0.4) is 0 Å². The quantitative estimate of drug-likeness (QED) is 0.852. The summed E-state index contributed by atoms with van der Waals surface area (Å²) in [6.45, 7) is 6.16. The van der Waals surface area contributed by atoms with Crippen molar-refractivity contribution in [3.8, 4) is 11.1 Å². The maximum atomic E-state index is 11.5. The highest BCUT2D eigenvalue weighted by Crippen LogP contribution is 2.27. The lowest BCUT2D eigenvalue weighted by Crippen LogP contribution is -2.43. The SMILES string of the molecule is CC(=O)c1ccc(-c2ccc(N3CCNCC3)cc2)c(CN)c1. The van der Waals surface area contributed by atoms with E-state index >= 15 is 0 Å². The van der Waals surface area contributed by atoms with Crippen LogP contribution in [0.4, 0.5) is 5.69 Å². The van der Waals surface area contributed by atoms with Crippen LogP contribution in [0, 0.1) is 0 Å². The molecular formula is C19H23N3O. The molecule has 3 N–H and O–H groups in total. The fraction of sp³-hybridized carbons (Fsp3) is 0.316. The van der Waals surface area contributed by atoms with E-state index in [1.165, 1.54) is 5.69 Å². The van der Waals surface area contributed by atoms with Gasteiger partial charge in [0.1, 0.15) is 0 Å². The summed E-state index contributed by atoms with van der Waals surface area (Å²) in [4.78, 5) is 13.9. The number of Topliss-reactive ketones (excluding diaryl/α,β-unsaturated/α-hetero) is 1. The van der Waals surface area contributed by atoms with E-state index in [4.69, 9.17) is 5.73 Å². The van der Waals surface area contributed by atoms with Gasteiger partial charge in [-0.3, -0.25) is 4.79 Å². The third kappa shape index (κ3) is 3.44. The molecule has 1 fully saturated rings. The van der Waals surface area contributed by atoms with Crippen LogP contribution in [0.1, 0.15) is 22.8 Å². The molecule has 0 atom stereocenters. The van der Waals surface area contributed by atoms with Crippen molar-refractivity contribution >= 4 is 11.5 Å². The Morgan fingerprint density at radius 1 is 1.13 bits per heavy atom. The lowest BCUT2D eigenvalue weighted by Gasteiger charge is -2.29. The van der Waals surface area contributed by atoms with Crippen molar-refractivity contribution in [2.75, 3.05) is 31.1 Å². The fourth-order valence-corrected chi connectivity index (χ4v) is 3.04. The summed E-state index contributed by atoms with van der Waals surface area (Å²) in [7, 11) is 0. The van der Waals surface area contributed by atoms with Crippen molar-refractivity contribution < 1.29 is 4.79 Å². The molecule has 3 rings (SSSR count). The van der Waals surface area contributed by atoms with Gasteiger partial charge in [-0.15, -0.1) is 0 Å². The lowest BCUT2D eigenvalue weighted by atomic mass is 9.96.